The molecule has 1 fully saturated rings. The molecular weight excluding hydrogens is 348 g/mol. The van der Waals surface area contributed by atoms with Crippen molar-refractivity contribution in [3.8, 4) is 11.5 Å². The first-order valence-corrected chi connectivity index (χ1v) is 9.76. The molecule has 1 atom stereocenters. The summed E-state index contributed by atoms with van der Waals surface area (Å²) in [7, 11) is 3.22. The van der Waals surface area contributed by atoms with Crippen molar-refractivity contribution in [3.05, 3.63) is 46.2 Å². The normalized spacial score (nSPS) is 16.3. The lowest BCUT2D eigenvalue weighted by Gasteiger charge is -2.37. The average molecular weight is 375 g/mol. The minimum atomic E-state index is 0.167. The summed E-state index contributed by atoms with van der Waals surface area (Å²) in [5.74, 6) is 1.51. The maximum atomic E-state index is 12.7. The van der Waals surface area contributed by atoms with Crippen molar-refractivity contribution in [3.63, 3.8) is 0 Å². The molecule has 0 spiro atoms. The molecule has 26 heavy (non-hydrogen) atoms. The monoisotopic (exact) mass is 374 g/mol. The molecule has 1 unspecified atom stereocenters. The molecule has 1 amide bonds. The van der Waals surface area contributed by atoms with Gasteiger partial charge in [0.05, 0.1) is 20.6 Å². The number of rotatable bonds is 6. The Morgan fingerprint density at radius 2 is 1.85 bits per heavy atom. The summed E-state index contributed by atoms with van der Waals surface area (Å²) in [5.41, 5.74) is 0.946. The molecule has 2 aromatic rings. The number of nitrogens with zero attached hydrogens (tertiary/aromatic N) is 2. The highest BCUT2D eigenvalue weighted by atomic mass is 32.1. The Hall–Kier alpha value is -2.05. The molecule has 1 aliphatic heterocycles. The van der Waals surface area contributed by atoms with Crippen LogP contribution in [0.1, 0.15) is 23.4 Å². The van der Waals surface area contributed by atoms with Gasteiger partial charge < -0.3 is 14.4 Å². The smallest absolute Gasteiger partial charge is 0.227 e. The van der Waals surface area contributed by atoms with Crippen LogP contribution in [0.2, 0.25) is 0 Å². The summed E-state index contributed by atoms with van der Waals surface area (Å²) in [5, 5.41) is 2.12. The Morgan fingerprint density at radius 1 is 1.12 bits per heavy atom. The van der Waals surface area contributed by atoms with Gasteiger partial charge in [-0.3, -0.25) is 9.69 Å². The predicted molar refractivity (Wildman–Crippen MR) is 104 cm³/mol. The molecule has 0 N–H and O–H groups in total. The molecule has 1 aromatic carbocycles. The minimum Gasteiger partial charge on any atom is -0.493 e. The van der Waals surface area contributed by atoms with E-state index < -0.39 is 0 Å². The molecule has 0 aliphatic carbocycles. The van der Waals surface area contributed by atoms with E-state index in [1.165, 1.54) is 4.88 Å². The fourth-order valence-corrected chi connectivity index (χ4v) is 4.16. The lowest BCUT2D eigenvalue weighted by atomic mass is 10.1. The summed E-state index contributed by atoms with van der Waals surface area (Å²) in [6, 6.07) is 10.4. The average Bonchev–Trinajstić information content (AvgIpc) is 3.22. The number of ether oxygens (including phenoxy) is 2. The van der Waals surface area contributed by atoms with Crippen LogP contribution >= 0.6 is 11.3 Å². The standard InChI is InChI=1S/C20H26N2O3S/c1-15(19-5-4-12-26-19)21-8-10-22(11-9-21)20(23)14-16-6-7-17(24-2)18(13-16)25-3/h4-7,12-13,15H,8-11,14H2,1-3H3. The van der Waals surface area contributed by atoms with E-state index in [-0.39, 0.29) is 5.91 Å². The van der Waals surface area contributed by atoms with Gasteiger partial charge in [0.2, 0.25) is 5.91 Å². The van der Waals surface area contributed by atoms with Crippen LogP contribution in [0.5, 0.6) is 11.5 Å². The number of hydrogen-bond donors (Lipinski definition) is 0. The van der Waals surface area contributed by atoms with Gasteiger partial charge in [-0.2, -0.15) is 0 Å². The van der Waals surface area contributed by atoms with E-state index in [2.05, 4.69) is 29.3 Å². The van der Waals surface area contributed by atoms with Crippen LogP contribution in [0.15, 0.2) is 35.7 Å². The fourth-order valence-electron chi connectivity index (χ4n) is 3.34. The molecule has 0 bridgehead atoms. The highest BCUT2D eigenvalue weighted by Crippen LogP contribution is 2.28. The third kappa shape index (κ3) is 4.19. The zero-order valence-electron chi connectivity index (χ0n) is 15.6. The maximum absolute atomic E-state index is 12.7. The Bertz CT molecular complexity index is 725. The fraction of sp³-hybridized carbons (Fsp3) is 0.450. The SMILES string of the molecule is COc1ccc(CC(=O)N2CCN(C(C)c3cccs3)CC2)cc1OC. The van der Waals surface area contributed by atoms with E-state index in [4.69, 9.17) is 9.47 Å². The summed E-state index contributed by atoms with van der Waals surface area (Å²) >= 11 is 1.80. The second-order valence-electron chi connectivity index (χ2n) is 6.47. The van der Waals surface area contributed by atoms with Crippen LogP contribution in [0.25, 0.3) is 0 Å². The Kier molecular flexibility index (Phi) is 6.16. The molecule has 3 rings (SSSR count). The van der Waals surface area contributed by atoms with E-state index in [0.717, 1.165) is 31.7 Å². The van der Waals surface area contributed by atoms with Crippen LogP contribution in [-0.2, 0) is 11.2 Å². The van der Waals surface area contributed by atoms with E-state index in [9.17, 15) is 4.79 Å². The third-order valence-corrected chi connectivity index (χ3v) is 6.02. The first-order chi connectivity index (χ1) is 12.6. The van der Waals surface area contributed by atoms with Crippen molar-refractivity contribution in [1.29, 1.82) is 0 Å². The van der Waals surface area contributed by atoms with Crippen molar-refractivity contribution in [2.24, 2.45) is 0 Å². The predicted octanol–water partition coefficient (Wildman–Crippen LogP) is 3.21. The molecule has 0 radical (unpaired) electrons. The number of methoxy groups -OCH3 is 2. The summed E-state index contributed by atoms with van der Waals surface area (Å²) < 4.78 is 10.6. The van der Waals surface area contributed by atoms with Crippen LogP contribution in [0.3, 0.4) is 0 Å². The minimum absolute atomic E-state index is 0.167. The van der Waals surface area contributed by atoms with Gasteiger partial charge in [0.15, 0.2) is 11.5 Å². The zero-order chi connectivity index (χ0) is 18.5. The quantitative estimate of drug-likeness (QED) is 0.779. The number of carbonyl (C=O) groups excluding carboxylic acids is 1. The van der Waals surface area contributed by atoms with Gasteiger partial charge in [0.25, 0.3) is 0 Å². The maximum Gasteiger partial charge on any atom is 0.227 e. The van der Waals surface area contributed by atoms with Gasteiger partial charge in [-0.25, -0.2) is 0 Å². The number of amides is 1. The highest BCUT2D eigenvalue weighted by molar-refractivity contribution is 7.10. The molecule has 0 saturated carbocycles. The van der Waals surface area contributed by atoms with E-state index in [1.54, 1.807) is 25.6 Å². The van der Waals surface area contributed by atoms with Gasteiger partial charge >= 0.3 is 0 Å². The Morgan fingerprint density at radius 3 is 2.46 bits per heavy atom. The lowest BCUT2D eigenvalue weighted by Crippen LogP contribution is -2.49. The van der Waals surface area contributed by atoms with Crippen molar-refractivity contribution < 1.29 is 14.3 Å². The van der Waals surface area contributed by atoms with Gasteiger partial charge in [-0.1, -0.05) is 12.1 Å². The van der Waals surface area contributed by atoms with Crippen molar-refractivity contribution in [1.82, 2.24) is 9.80 Å². The molecule has 5 nitrogen and oxygen atoms in total. The topological polar surface area (TPSA) is 42.0 Å². The summed E-state index contributed by atoms with van der Waals surface area (Å²) in [6.45, 7) is 5.63. The zero-order valence-corrected chi connectivity index (χ0v) is 16.4. The molecule has 1 aromatic heterocycles. The van der Waals surface area contributed by atoms with Crippen LogP contribution < -0.4 is 9.47 Å². The van der Waals surface area contributed by atoms with Gasteiger partial charge in [0.1, 0.15) is 0 Å². The largest absolute Gasteiger partial charge is 0.493 e. The number of thiophene rings is 1. The molecule has 2 heterocycles. The van der Waals surface area contributed by atoms with Crippen molar-refractivity contribution >= 4 is 17.2 Å². The number of hydrogen-bond acceptors (Lipinski definition) is 5. The summed E-state index contributed by atoms with van der Waals surface area (Å²) in [6.07, 6.45) is 0.390. The second kappa shape index (κ2) is 8.56. The Balaban J connectivity index is 1.55. The van der Waals surface area contributed by atoms with E-state index >= 15 is 0 Å². The van der Waals surface area contributed by atoms with Gasteiger partial charge in [-0.05, 0) is 36.1 Å². The summed E-state index contributed by atoms with van der Waals surface area (Å²) in [4.78, 5) is 18.5. The molecular formula is C20H26N2O3S. The van der Waals surface area contributed by atoms with E-state index in [1.807, 2.05) is 23.1 Å². The molecule has 1 aliphatic rings. The lowest BCUT2D eigenvalue weighted by molar-refractivity contribution is -0.132. The van der Waals surface area contributed by atoms with Gasteiger partial charge in [-0.15, -0.1) is 11.3 Å². The number of piperazine rings is 1. The highest BCUT2D eigenvalue weighted by Gasteiger charge is 2.25. The number of carbonyl (C=O) groups is 1. The van der Waals surface area contributed by atoms with Crippen LogP contribution in [0.4, 0.5) is 0 Å². The van der Waals surface area contributed by atoms with Crippen molar-refractivity contribution in [2.45, 2.75) is 19.4 Å². The van der Waals surface area contributed by atoms with Crippen molar-refractivity contribution in [2.75, 3.05) is 40.4 Å². The van der Waals surface area contributed by atoms with Crippen LogP contribution in [-0.4, -0.2) is 56.1 Å². The number of benzene rings is 1. The third-order valence-electron chi connectivity index (χ3n) is 4.97. The molecule has 6 heteroatoms. The molecule has 1 saturated heterocycles. The molecule has 140 valence electrons. The van der Waals surface area contributed by atoms with Gasteiger partial charge in [0, 0.05) is 37.1 Å². The first kappa shape index (κ1) is 18.7. The van der Waals surface area contributed by atoms with E-state index in [0.29, 0.717) is 24.0 Å². The van der Waals surface area contributed by atoms with Crippen LogP contribution in [0, 0.1) is 0 Å². The second-order valence-corrected chi connectivity index (χ2v) is 7.45. The Labute approximate surface area is 159 Å². The first-order valence-electron chi connectivity index (χ1n) is 8.88.